The number of carbonyl (C=O) groups is 1. The summed E-state index contributed by atoms with van der Waals surface area (Å²) in [5.41, 5.74) is 1.56. The van der Waals surface area contributed by atoms with Crippen LogP contribution in [0.3, 0.4) is 0 Å². The van der Waals surface area contributed by atoms with E-state index in [-0.39, 0.29) is 11.4 Å². The van der Waals surface area contributed by atoms with E-state index >= 15 is 0 Å². The second-order valence-electron chi connectivity index (χ2n) is 6.79. The van der Waals surface area contributed by atoms with E-state index in [1.165, 1.54) is 12.3 Å². The number of pyridine rings is 1. The fourth-order valence-electron chi connectivity index (χ4n) is 3.39. The van der Waals surface area contributed by atoms with Crippen LogP contribution in [0, 0.1) is 0 Å². The molecule has 3 aromatic rings. The first-order chi connectivity index (χ1) is 13.4. The fourth-order valence-corrected chi connectivity index (χ4v) is 3.39. The van der Waals surface area contributed by atoms with Crippen molar-refractivity contribution in [3.05, 3.63) is 65.9 Å². The average Bonchev–Trinajstić information content (AvgIpc) is 3.22. The monoisotopic (exact) mass is 385 g/mol. The minimum atomic E-state index is -4.41. The number of amides is 1. The Labute approximate surface area is 160 Å². The Kier molecular flexibility index (Phi) is 4.66. The molecule has 1 amide bonds. The number of anilines is 2. The van der Waals surface area contributed by atoms with Crippen molar-refractivity contribution in [2.24, 2.45) is 0 Å². The van der Waals surface area contributed by atoms with Crippen molar-refractivity contribution in [3.63, 3.8) is 0 Å². The van der Waals surface area contributed by atoms with Crippen molar-refractivity contribution in [3.8, 4) is 0 Å². The molecule has 0 radical (unpaired) electrons. The number of nitrogens with zero attached hydrogens (tertiary/aromatic N) is 2. The lowest BCUT2D eigenvalue weighted by atomic mass is 10.1. The lowest BCUT2D eigenvalue weighted by molar-refractivity contribution is -0.137. The normalized spacial score (nSPS) is 14.5. The van der Waals surface area contributed by atoms with Crippen LogP contribution >= 0.6 is 0 Å². The summed E-state index contributed by atoms with van der Waals surface area (Å²) in [6.45, 7) is 1.59. The van der Waals surface area contributed by atoms with Crippen molar-refractivity contribution in [2.45, 2.75) is 19.0 Å². The SMILES string of the molecule is O=C(c1ccc(Nc2ccnc3cc(C(F)(F)F)ccc23)cc1)N1CCCC1. The van der Waals surface area contributed by atoms with Crippen LogP contribution in [-0.2, 0) is 6.18 Å². The molecule has 1 aliphatic rings. The average molecular weight is 385 g/mol. The van der Waals surface area contributed by atoms with Crippen molar-refractivity contribution in [2.75, 3.05) is 18.4 Å². The number of nitrogens with one attached hydrogen (secondary N) is 1. The number of fused-ring (bicyclic) bond motifs is 1. The lowest BCUT2D eigenvalue weighted by Gasteiger charge is -2.16. The molecule has 0 unspecified atom stereocenters. The first kappa shape index (κ1) is 18.3. The van der Waals surface area contributed by atoms with E-state index in [1.807, 2.05) is 4.90 Å². The van der Waals surface area contributed by atoms with Gasteiger partial charge in [-0.15, -0.1) is 0 Å². The summed E-state index contributed by atoms with van der Waals surface area (Å²) in [5, 5.41) is 3.79. The summed E-state index contributed by atoms with van der Waals surface area (Å²) < 4.78 is 38.7. The van der Waals surface area contributed by atoms with Gasteiger partial charge in [0.1, 0.15) is 0 Å². The van der Waals surface area contributed by atoms with Gasteiger partial charge in [-0.1, -0.05) is 6.07 Å². The van der Waals surface area contributed by atoms with Gasteiger partial charge < -0.3 is 10.2 Å². The van der Waals surface area contributed by atoms with Crippen molar-refractivity contribution in [1.82, 2.24) is 9.88 Å². The third kappa shape index (κ3) is 3.65. The number of hydrogen-bond donors (Lipinski definition) is 1. The smallest absolute Gasteiger partial charge is 0.355 e. The summed E-state index contributed by atoms with van der Waals surface area (Å²) in [4.78, 5) is 18.3. The molecular formula is C21H18F3N3O. The Morgan fingerprint density at radius 2 is 1.71 bits per heavy atom. The topological polar surface area (TPSA) is 45.2 Å². The Bertz CT molecular complexity index is 1010. The number of alkyl halides is 3. The van der Waals surface area contributed by atoms with Crippen LogP contribution in [-0.4, -0.2) is 28.9 Å². The zero-order chi connectivity index (χ0) is 19.7. The molecule has 7 heteroatoms. The fraction of sp³-hybridized carbons (Fsp3) is 0.238. The lowest BCUT2D eigenvalue weighted by Crippen LogP contribution is -2.27. The van der Waals surface area contributed by atoms with E-state index in [1.54, 1.807) is 30.3 Å². The van der Waals surface area contributed by atoms with Gasteiger partial charge in [-0.3, -0.25) is 9.78 Å². The van der Waals surface area contributed by atoms with Crippen molar-refractivity contribution >= 4 is 28.2 Å². The van der Waals surface area contributed by atoms with Crippen LogP contribution < -0.4 is 5.32 Å². The molecule has 0 aliphatic carbocycles. The molecule has 1 aromatic heterocycles. The largest absolute Gasteiger partial charge is 0.416 e. The highest BCUT2D eigenvalue weighted by molar-refractivity contribution is 5.96. The van der Waals surface area contributed by atoms with Crippen LogP contribution in [0.1, 0.15) is 28.8 Å². The number of rotatable bonds is 3. The number of halogens is 3. The molecule has 144 valence electrons. The molecule has 0 saturated carbocycles. The summed E-state index contributed by atoms with van der Waals surface area (Å²) in [5.74, 6) is 0.0260. The highest BCUT2D eigenvalue weighted by atomic mass is 19.4. The highest BCUT2D eigenvalue weighted by Crippen LogP contribution is 2.33. The summed E-state index contributed by atoms with van der Waals surface area (Å²) in [6.07, 6.45) is -0.861. The van der Waals surface area contributed by atoms with E-state index < -0.39 is 11.7 Å². The standard InChI is InChI=1S/C21H18F3N3O/c22-21(23,24)15-5-8-17-18(9-10-25-19(17)13-15)26-16-6-3-14(4-7-16)20(28)27-11-1-2-12-27/h3-10,13H,1-2,11-12H2,(H,25,26). The number of likely N-dealkylation sites (tertiary alicyclic amines) is 1. The van der Waals surface area contributed by atoms with E-state index in [4.69, 9.17) is 0 Å². The Morgan fingerprint density at radius 1 is 1.00 bits per heavy atom. The third-order valence-electron chi connectivity index (χ3n) is 4.87. The van der Waals surface area contributed by atoms with Crippen LogP contribution in [0.4, 0.5) is 24.5 Å². The molecule has 28 heavy (non-hydrogen) atoms. The minimum absolute atomic E-state index is 0.0260. The van der Waals surface area contributed by atoms with Crippen LogP contribution in [0.15, 0.2) is 54.7 Å². The Morgan fingerprint density at radius 3 is 2.39 bits per heavy atom. The number of aromatic nitrogens is 1. The Balaban J connectivity index is 1.57. The molecule has 2 heterocycles. The van der Waals surface area contributed by atoms with E-state index in [9.17, 15) is 18.0 Å². The van der Waals surface area contributed by atoms with Crippen LogP contribution in [0.5, 0.6) is 0 Å². The van der Waals surface area contributed by atoms with Crippen molar-refractivity contribution < 1.29 is 18.0 Å². The zero-order valence-corrected chi connectivity index (χ0v) is 15.0. The van der Waals surface area contributed by atoms with Gasteiger partial charge >= 0.3 is 6.18 Å². The van der Waals surface area contributed by atoms with E-state index in [0.29, 0.717) is 16.6 Å². The molecule has 4 nitrogen and oxygen atoms in total. The maximum atomic E-state index is 12.9. The predicted octanol–water partition coefficient (Wildman–Crippen LogP) is 5.23. The first-order valence-electron chi connectivity index (χ1n) is 9.04. The van der Waals surface area contributed by atoms with Gasteiger partial charge in [0.2, 0.25) is 0 Å². The first-order valence-corrected chi connectivity index (χ1v) is 9.04. The second-order valence-corrected chi connectivity index (χ2v) is 6.79. The molecule has 1 fully saturated rings. The maximum Gasteiger partial charge on any atom is 0.416 e. The summed E-state index contributed by atoms with van der Waals surface area (Å²) >= 11 is 0. The maximum absolute atomic E-state index is 12.9. The van der Waals surface area contributed by atoms with Gasteiger partial charge in [0.05, 0.1) is 11.1 Å². The van der Waals surface area contributed by atoms with Gasteiger partial charge in [-0.05, 0) is 55.3 Å². The van der Waals surface area contributed by atoms with Gasteiger partial charge in [0.15, 0.2) is 0 Å². The molecule has 0 atom stereocenters. The van der Waals surface area contributed by atoms with Gasteiger partial charge in [-0.2, -0.15) is 13.2 Å². The predicted molar refractivity (Wildman–Crippen MR) is 102 cm³/mol. The Hall–Kier alpha value is -3.09. The second kappa shape index (κ2) is 7.14. The molecule has 0 bridgehead atoms. The van der Waals surface area contributed by atoms with Crippen LogP contribution in [0.2, 0.25) is 0 Å². The van der Waals surface area contributed by atoms with Crippen LogP contribution in [0.25, 0.3) is 10.9 Å². The minimum Gasteiger partial charge on any atom is -0.355 e. The van der Waals surface area contributed by atoms with E-state index in [0.717, 1.165) is 43.8 Å². The van der Waals surface area contributed by atoms with Crippen molar-refractivity contribution in [1.29, 1.82) is 0 Å². The third-order valence-corrected chi connectivity index (χ3v) is 4.87. The zero-order valence-electron chi connectivity index (χ0n) is 15.0. The quantitative estimate of drug-likeness (QED) is 0.671. The summed E-state index contributed by atoms with van der Waals surface area (Å²) in [6, 6.07) is 12.3. The number of benzene rings is 2. The molecule has 1 saturated heterocycles. The molecule has 1 aliphatic heterocycles. The number of carbonyl (C=O) groups excluding carboxylic acids is 1. The molecule has 1 N–H and O–H groups in total. The van der Waals surface area contributed by atoms with Gasteiger partial charge in [0, 0.05) is 41.6 Å². The number of hydrogen-bond acceptors (Lipinski definition) is 3. The molecular weight excluding hydrogens is 367 g/mol. The molecule has 2 aromatic carbocycles. The summed E-state index contributed by atoms with van der Waals surface area (Å²) in [7, 11) is 0. The van der Waals surface area contributed by atoms with E-state index in [2.05, 4.69) is 10.3 Å². The molecule has 0 spiro atoms. The highest BCUT2D eigenvalue weighted by Gasteiger charge is 2.30. The van der Waals surface area contributed by atoms with Gasteiger partial charge in [-0.25, -0.2) is 0 Å². The molecule has 4 rings (SSSR count). The van der Waals surface area contributed by atoms with Gasteiger partial charge in [0.25, 0.3) is 5.91 Å².